The Balaban J connectivity index is 1.10. The van der Waals surface area contributed by atoms with E-state index in [1.807, 2.05) is 109 Å². The van der Waals surface area contributed by atoms with Crippen molar-refractivity contribution < 1.29 is 9.47 Å². The summed E-state index contributed by atoms with van der Waals surface area (Å²) in [6.45, 7) is 6.29. The molecule has 0 aliphatic rings. The van der Waals surface area contributed by atoms with E-state index in [-0.39, 0.29) is 5.41 Å². The zero-order chi connectivity index (χ0) is 27.2. The smallest absolute Gasteiger partial charge is 0.0819 e. The summed E-state index contributed by atoms with van der Waals surface area (Å²) < 4.78 is 11.6. The molecule has 200 valence electrons. The highest BCUT2D eigenvalue weighted by atomic mass is 16.5. The highest BCUT2D eigenvalue weighted by molar-refractivity contribution is 5.67. The predicted octanol–water partition coefficient (Wildman–Crippen LogP) is 8.34. The molecule has 0 heterocycles. The lowest BCUT2D eigenvalue weighted by Gasteiger charge is -2.23. The van der Waals surface area contributed by atoms with Crippen molar-refractivity contribution >= 4 is 46.6 Å². The van der Waals surface area contributed by atoms with Gasteiger partial charge in [-0.05, 0) is 72.8 Å². The van der Waals surface area contributed by atoms with E-state index in [0.717, 1.165) is 34.1 Å². The van der Waals surface area contributed by atoms with E-state index in [1.54, 1.807) is 12.4 Å². The van der Waals surface area contributed by atoms with Gasteiger partial charge in [-0.25, -0.2) is 0 Å². The zero-order valence-corrected chi connectivity index (χ0v) is 22.6. The number of nitrogens with one attached hydrogen (secondary N) is 2. The minimum Gasteiger partial charge on any atom is -0.375 e. The summed E-state index contributed by atoms with van der Waals surface area (Å²) in [5.74, 6) is 0. The minimum atomic E-state index is -0.114. The molecular weight excluding hydrogens is 484 g/mol. The van der Waals surface area contributed by atoms with E-state index in [4.69, 9.17) is 9.47 Å². The van der Waals surface area contributed by atoms with Crippen LogP contribution in [0.15, 0.2) is 119 Å². The van der Waals surface area contributed by atoms with Crippen LogP contribution >= 0.6 is 0 Å². The highest BCUT2D eigenvalue weighted by Crippen LogP contribution is 2.21. The fourth-order valence-corrected chi connectivity index (χ4v) is 3.74. The van der Waals surface area contributed by atoms with Crippen LogP contribution in [0.1, 0.15) is 13.8 Å². The van der Waals surface area contributed by atoms with E-state index in [1.165, 1.54) is 0 Å². The third-order valence-electron chi connectivity index (χ3n) is 5.71. The van der Waals surface area contributed by atoms with Crippen molar-refractivity contribution in [2.45, 2.75) is 13.8 Å². The van der Waals surface area contributed by atoms with Gasteiger partial charge in [0.05, 0.1) is 37.8 Å². The Bertz CT molecular complexity index is 1200. The fourth-order valence-electron chi connectivity index (χ4n) is 3.74. The molecule has 4 aromatic carbocycles. The average molecular weight is 521 g/mol. The van der Waals surface area contributed by atoms with Crippen molar-refractivity contribution in [3.8, 4) is 0 Å². The first-order chi connectivity index (χ1) is 19.1. The lowest BCUT2D eigenvalue weighted by molar-refractivity contribution is 0.0194. The molecule has 0 unspecified atom stereocenters. The lowest BCUT2D eigenvalue weighted by atomic mass is 9.96. The standard InChI is InChI=1S/C33H36N4O2/c1-33(2,25-38-23-21-34-27-13-17-31(18-14-27)36-29-9-5-3-6-10-29)26-39-24-22-35-28-15-19-32(20-16-28)37-30-11-7-4-8-12-30/h3-22,36-37H,23-26H2,1-2H3. The average Bonchev–Trinajstić information content (AvgIpc) is 2.95. The first kappa shape index (κ1) is 27.8. The number of rotatable bonds is 14. The maximum absolute atomic E-state index is 5.82. The predicted molar refractivity (Wildman–Crippen MR) is 164 cm³/mol. The van der Waals surface area contributed by atoms with Gasteiger partial charge in [0, 0.05) is 40.6 Å². The Morgan fingerprint density at radius 2 is 0.897 bits per heavy atom. The van der Waals surface area contributed by atoms with Crippen LogP contribution in [-0.2, 0) is 9.47 Å². The van der Waals surface area contributed by atoms with E-state index in [2.05, 4.69) is 34.5 Å². The van der Waals surface area contributed by atoms with E-state index in [0.29, 0.717) is 26.4 Å². The van der Waals surface area contributed by atoms with Gasteiger partial charge in [-0.15, -0.1) is 0 Å². The fraction of sp³-hybridized carbons (Fsp3) is 0.212. The number of anilines is 4. The van der Waals surface area contributed by atoms with Crippen molar-refractivity contribution in [2.24, 2.45) is 15.4 Å². The van der Waals surface area contributed by atoms with Crippen LogP contribution in [0.2, 0.25) is 0 Å². The molecule has 0 atom stereocenters. The largest absolute Gasteiger partial charge is 0.375 e. The second-order valence-corrected chi connectivity index (χ2v) is 9.89. The van der Waals surface area contributed by atoms with Crippen molar-refractivity contribution in [1.29, 1.82) is 0 Å². The van der Waals surface area contributed by atoms with E-state index in [9.17, 15) is 0 Å². The zero-order valence-electron chi connectivity index (χ0n) is 22.6. The molecule has 6 nitrogen and oxygen atoms in total. The van der Waals surface area contributed by atoms with Crippen molar-refractivity contribution in [1.82, 2.24) is 0 Å². The summed E-state index contributed by atoms with van der Waals surface area (Å²) in [7, 11) is 0. The Labute approximate surface area is 231 Å². The number of para-hydroxylation sites is 2. The molecule has 0 spiro atoms. The van der Waals surface area contributed by atoms with Crippen molar-refractivity contribution in [2.75, 3.05) is 37.1 Å². The van der Waals surface area contributed by atoms with Gasteiger partial charge in [0.15, 0.2) is 0 Å². The van der Waals surface area contributed by atoms with Crippen LogP contribution in [0, 0.1) is 5.41 Å². The van der Waals surface area contributed by atoms with Crippen LogP contribution in [0.4, 0.5) is 34.1 Å². The van der Waals surface area contributed by atoms with Crippen molar-refractivity contribution in [3.63, 3.8) is 0 Å². The van der Waals surface area contributed by atoms with E-state index < -0.39 is 0 Å². The Kier molecular flexibility index (Phi) is 10.4. The van der Waals surface area contributed by atoms with Gasteiger partial charge in [0.2, 0.25) is 0 Å². The van der Waals surface area contributed by atoms with Gasteiger partial charge in [0.1, 0.15) is 0 Å². The third-order valence-corrected chi connectivity index (χ3v) is 5.71. The number of ether oxygens (including phenoxy) is 2. The normalized spacial score (nSPS) is 11.7. The number of benzene rings is 4. The maximum Gasteiger partial charge on any atom is 0.0819 e. The summed E-state index contributed by atoms with van der Waals surface area (Å²) in [4.78, 5) is 8.97. The Hall–Kier alpha value is -4.26. The quantitative estimate of drug-likeness (QED) is 0.130. The number of hydrogen-bond donors (Lipinski definition) is 2. The Morgan fingerprint density at radius 1 is 0.538 bits per heavy atom. The molecular formula is C33H36N4O2. The minimum absolute atomic E-state index is 0.114. The summed E-state index contributed by atoms with van der Waals surface area (Å²) in [6, 6.07) is 36.2. The molecule has 4 rings (SSSR count). The number of aliphatic imine (C=N–C) groups is 2. The monoisotopic (exact) mass is 520 g/mol. The van der Waals surface area contributed by atoms with Crippen molar-refractivity contribution in [3.05, 3.63) is 109 Å². The second-order valence-electron chi connectivity index (χ2n) is 9.89. The highest BCUT2D eigenvalue weighted by Gasteiger charge is 2.18. The molecule has 39 heavy (non-hydrogen) atoms. The molecule has 0 aliphatic carbocycles. The van der Waals surface area contributed by atoms with Gasteiger partial charge in [-0.2, -0.15) is 0 Å². The van der Waals surface area contributed by atoms with Gasteiger partial charge in [-0.3, -0.25) is 9.98 Å². The molecule has 4 aromatic rings. The molecule has 0 radical (unpaired) electrons. The van der Waals surface area contributed by atoms with Crippen LogP contribution in [-0.4, -0.2) is 38.9 Å². The molecule has 0 saturated heterocycles. The maximum atomic E-state index is 5.82. The summed E-state index contributed by atoms with van der Waals surface area (Å²) in [5, 5.41) is 6.73. The SMILES string of the molecule is CC(C)(COCC=Nc1ccc(Nc2ccccc2)cc1)COCC=Nc1ccc(Nc2ccccc2)cc1. The third kappa shape index (κ3) is 10.2. The topological polar surface area (TPSA) is 67.2 Å². The van der Waals surface area contributed by atoms with Crippen LogP contribution in [0.5, 0.6) is 0 Å². The van der Waals surface area contributed by atoms with Gasteiger partial charge >= 0.3 is 0 Å². The molecule has 0 fully saturated rings. The van der Waals surface area contributed by atoms with Gasteiger partial charge < -0.3 is 20.1 Å². The molecule has 0 amide bonds. The van der Waals surface area contributed by atoms with Crippen LogP contribution in [0.3, 0.4) is 0 Å². The Morgan fingerprint density at radius 3 is 1.28 bits per heavy atom. The lowest BCUT2D eigenvalue weighted by Crippen LogP contribution is -2.26. The van der Waals surface area contributed by atoms with Gasteiger partial charge in [-0.1, -0.05) is 50.2 Å². The summed E-state index contributed by atoms with van der Waals surface area (Å²) in [5.41, 5.74) is 5.83. The molecule has 0 saturated carbocycles. The van der Waals surface area contributed by atoms with Crippen LogP contribution < -0.4 is 10.6 Å². The molecule has 0 bridgehead atoms. The molecule has 2 N–H and O–H groups in total. The molecule has 0 aliphatic heterocycles. The first-order valence-electron chi connectivity index (χ1n) is 13.1. The summed E-state index contributed by atoms with van der Waals surface area (Å²) in [6.07, 6.45) is 3.59. The number of nitrogens with zero attached hydrogens (tertiary/aromatic N) is 2. The number of hydrogen-bond acceptors (Lipinski definition) is 6. The second kappa shape index (κ2) is 14.6. The molecule has 0 aromatic heterocycles. The van der Waals surface area contributed by atoms with Gasteiger partial charge in [0.25, 0.3) is 0 Å². The van der Waals surface area contributed by atoms with Crippen LogP contribution in [0.25, 0.3) is 0 Å². The molecule has 6 heteroatoms. The first-order valence-corrected chi connectivity index (χ1v) is 13.1. The van der Waals surface area contributed by atoms with E-state index >= 15 is 0 Å². The summed E-state index contributed by atoms with van der Waals surface area (Å²) >= 11 is 0.